The molecule has 7 atom stereocenters. The first-order valence-electron chi connectivity index (χ1n) is 14.9. The summed E-state index contributed by atoms with van der Waals surface area (Å²) < 4.78 is 6.70. The quantitative estimate of drug-likeness (QED) is 0.441. The summed E-state index contributed by atoms with van der Waals surface area (Å²) in [5, 5.41) is 11.2. The average Bonchev–Trinajstić information content (AvgIpc) is 3.66. The smallest absolute Gasteiger partial charge is 0.0691 e. The van der Waals surface area contributed by atoms with Gasteiger partial charge in [0.2, 0.25) is 0 Å². The molecule has 0 radical (unpaired) electrons. The van der Waals surface area contributed by atoms with Crippen molar-refractivity contribution in [1.82, 2.24) is 0 Å². The molecule has 1 aliphatic heterocycles. The normalized spacial score (nSPS) is 44.6. The summed E-state index contributed by atoms with van der Waals surface area (Å²) in [4.78, 5) is 0. The Morgan fingerprint density at radius 2 is 1.54 bits per heavy atom. The summed E-state index contributed by atoms with van der Waals surface area (Å²) in [7, 11) is 0. The molecule has 7 rings (SSSR count). The zero-order valence-electron chi connectivity index (χ0n) is 22.3. The van der Waals surface area contributed by atoms with Gasteiger partial charge in [0, 0.05) is 5.92 Å². The second-order valence-electron chi connectivity index (χ2n) is 14.6. The average molecular weight is 475 g/mol. The van der Waals surface area contributed by atoms with E-state index in [-0.39, 0.29) is 17.1 Å². The van der Waals surface area contributed by atoms with Crippen molar-refractivity contribution in [2.75, 3.05) is 6.61 Å². The molecule has 1 heterocycles. The SMILES string of the molecule is CC1(C)CCC2(CCC3=C4C(c5ccc(C6CC6)cc5)CC5(C)C(O)CCC5C4CCC3C2)OC1. The first kappa shape index (κ1) is 23.0. The van der Waals surface area contributed by atoms with Gasteiger partial charge >= 0.3 is 0 Å². The van der Waals surface area contributed by atoms with Crippen LogP contribution in [0.2, 0.25) is 0 Å². The van der Waals surface area contributed by atoms with Crippen LogP contribution in [0.5, 0.6) is 0 Å². The molecule has 1 aromatic carbocycles. The lowest BCUT2D eigenvalue weighted by Crippen LogP contribution is -2.49. The van der Waals surface area contributed by atoms with E-state index in [0.29, 0.717) is 23.2 Å². The van der Waals surface area contributed by atoms with Gasteiger partial charge in [0.05, 0.1) is 18.3 Å². The number of rotatable bonds is 2. The zero-order valence-corrected chi connectivity index (χ0v) is 22.3. The lowest BCUT2D eigenvalue weighted by Gasteiger charge is -2.55. The molecule has 2 nitrogen and oxygen atoms in total. The Hall–Kier alpha value is -1.12. The van der Waals surface area contributed by atoms with E-state index in [1.165, 1.54) is 69.8 Å². The topological polar surface area (TPSA) is 29.5 Å². The Morgan fingerprint density at radius 1 is 0.800 bits per heavy atom. The summed E-state index contributed by atoms with van der Waals surface area (Å²) in [6.07, 6.45) is 14.9. The Labute approximate surface area is 212 Å². The minimum Gasteiger partial charge on any atom is -0.393 e. The Kier molecular flexibility index (Phi) is 5.22. The van der Waals surface area contributed by atoms with Gasteiger partial charge in [-0.25, -0.2) is 0 Å². The predicted molar refractivity (Wildman–Crippen MR) is 141 cm³/mol. The number of hydrogen-bond acceptors (Lipinski definition) is 2. The fourth-order valence-electron chi connectivity index (χ4n) is 9.45. The van der Waals surface area contributed by atoms with E-state index in [4.69, 9.17) is 4.74 Å². The van der Waals surface area contributed by atoms with Gasteiger partial charge in [-0.2, -0.15) is 0 Å². The van der Waals surface area contributed by atoms with Crippen LogP contribution in [0.25, 0.3) is 0 Å². The van der Waals surface area contributed by atoms with Crippen molar-refractivity contribution in [2.45, 2.75) is 121 Å². The van der Waals surface area contributed by atoms with Crippen LogP contribution in [0.15, 0.2) is 35.4 Å². The van der Waals surface area contributed by atoms with Gasteiger partial charge in [-0.05, 0) is 123 Å². The van der Waals surface area contributed by atoms with Gasteiger partial charge in [-0.15, -0.1) is 0 Å². The van der Waals surface area contributed by atoms with Crippen molar-refractivity contribution in [2.24, 2.45) is 28.6 Å². The van der Waals surface area contributed by atoms with Gasteiger partial charge in [0.1, 0.15) is 0 Å². The maximum absolute atomic E-state index is 11.2. The third-order valence-corrected chi connectivity index (χ3v) is 11.8. The van der Waals surface area contributed by atoms with Crippen LogP contribution in [0.4, 0.5) is 0 Å². The highest BCUT2D eigenvalue weighted by Crippen LogP contribution is 2.65. The summed E-state index contributed by atoms with van der Waals surface area (Å²) in [5.41, 5.74) is 7.31. The van der Waals surface area contributed by atoms with E-state index in [0.717, 1.165) is 31.3 Å². The molecule has 190 valence electrons. The largest absolute Gasteiger partial charge is 0.393 e. The molecule has 5 aliphatic carbocycles. The van der Waals surface area contributed by atoms with Crippen LogP contribution in [0.3, 0.4) is 0 Å². The van der Waals surface area contributed by atoms with Gasteiger partial charge in [-0.3, -0.25) is 0 Å². The molecule has 1 N–H and O–H groups in total. The predicted octanol–water partition coefficient (Wildman–Crippen LogP) is 7.91. The first-order valence-corrected chi connectivity index (χ1v) is 14.9. The van der Waals surface area contributed by atoms with Crippen LogP contribution in [0.1, 0.15) is 121 Å². The lowest BCUT2D eigenvalue weighted by atomic mass is 9.51. The standard InChI is InChI=1S/C33H46O2/c1-31(2)16-17-33(35-20-31)15-14-25-24(18-33)10-11-26-28-12-13-29(34)32(28,3)19-27(30(25)26)23-8-6-22(7-9-23)21-4-5-21/h6-9,21,24,26-29,34H,4-5,10-20H2,1-3H3. The van der Waals surface area contributed by atoms with Crippen molar-refractivity contribution < 1.29 is 9.84 Å². The fraction of sp³-hybridized carbons (Fsp3) is 0.758. The molecule has 35 heavy (non-hydrogen) atoms. The van der Waals surface area contributed by atoms with Crippen molar-refractivity contribution >= 4 is 0 Å². The van der Waals surface area contributed by atoms with E-state index in [1.54, 1.807) is 5.56 Å². The van der Waals surface area contributed by atoms with Crippen molar-refractivity contribution in [3.63, 3.8) is 0 Å². The number of aliphatic hydroxyl groups excluding tert-OH is 1. The van der Waals surface area contributed by atoms with Crippen molar-refractivity contribution in [3.8, 4) is 0 Å². The highest BCUT2D eigenvalue weighted by atomic mass is 16.5. The highest BCUT2D eigenvalue weighted by molar-refractivity contribution is 5.42. The van der Waals surface area contributed by atoms with Crippen LogP contribution < -0.4 is 0 Å². The summed E-state index contributed by atoms with van der Waals surface area (Å²) in [6.45, 7) is 8.11. The maximum Gasteiger partial charge on any atom is 0.0691 e. The van der Waals surface area contributed by atoms with Gasteiger partial charge in [-0.1, -0.05) is 56.2 Å². The minimum atomic E-state index is -0.126. The summed E-state index contributed by atoms with van der Waals surface area (Å²) in [6, 6.07) is 9.80. The number of benzene rings is 1. The first-order chi connectivity index (χ1) is 16.8. The van der Waals surface area contributed by atoms with Crippen LogP contribution in [-0.4, -0.2) is 23.4 Å². The monoisotopic (exact) mass is 474 g/mol. The highest BCUT2D eigenvalue weighted by Gasteiger charge is 2.57. The lowest BCUT2D eigenvalue weighted by molar-refractivity contribution is -0.144. The number of fused-ring (bicyclic) bond motifs is 4. The van der Waals surface area contributed by atoms with Crippen LogP contribution in [-0.2, 0) is 4.74 Å². The van der Waals surface area contributed by atoms with E-state index >= 15 is 0 Å². The van der Waals surface area contributed by atoms with Gasteiger partial charge in [0.15, 0.2) is 0 Å². The number of allylic oxidation sites excluding steroid dienone is 2. The van der Waals surface area contributed by atoms with E-state index < -0.39 is 0 Å². The molecule has 1 aromatic rings. The van der Waals surface area contributed by atoms with Crippen LogP contribution in [0, 0.1) is 28.6 Å². The molecule has 0 bridgehead atoms. The fourth-order valence-corrected chi connectivity index (χ4v) is 9.45. The zero-order chi connectivity index (χ0) is 24.0. The van der Waals surface area contributed by atoms with E-state index in [2.05, 4.69) is 45.0 Å². The van der Waals surface area contributed by atoms with Crippen molar-refractivity contribution in [3.05, 3.63) is 46.5 Å². The van der Waals surface area contributed by atoms with Crippen LogP contribution >= 0.6 is 0 Å². The third kappa shape index (κ3) is 3.71. The third-order valence-electron chi connectivity index (χ3n) is 11.8. The molecule has 4 saturated carbocycles. The Bertz CT molecular complexity index is 1000. The molecule has 0 aromatic heterocycles. The molecule has 1 spiro atoms. The summed E-state index contributed by atoms with van der Waals surface area (Å²) in [5.74, 6) is 3.40. The van der Waals surface area contributed by atoms with Crippen molar-refractivity contribution in [1.29, 1.82) is 0 Å². The molecule has 7 unspecified atom stereocenters. The van der Waals surface area contributed by atoms with Gasteiger partial charge in [0.25, 0.3) is 0 Å². The van der Waals surface area contributed by atoms with E-state index in [9.17, 15) is 5.11 Å². The number of ether oxygens (including phenoxy) is 1. The molecular formula is C33H46O2. The minimum absolute atomic E-state index is 0.0787. The second-order valence-corrected chi connectivity index (χ2v) is 14.6. The molecule has 1 saturated heterocycles. The summed E-state index contributed by atoms with van der Waals surface area (Å²) >= 11 is 0. The van der Waals surface area contributed by atoms with Gasteiger partial charge < -0.3 is 9.84 Å². The Morgan fingerprint density at radius 3 is 2.26 bits per heavy atom. The van der Waals surface area contributed by atoms with E-state index in [1.807, 2.05) is 11.1 Å². The molecule has 0 amide bonds. The maximum atomic E-state index is 11.2. The molecule has 5 fully saturated rings. The molecular weight excluding hydrogens is 428 g/mol. The number of hydrogen-bond donors (Lipinski definition) is 1. The second kappa shape index (κ2) is 7.94. The Balaban J connectivity index is 1.25. The molecule has 2 heteroatoms. The molecule has 6 aliphatic rings. The number of aliphatic hydroxyl groups is 1.